The van der Waals surface area contributed by atoms with Gasteiger partial charge in [0.05, 0.1) is 6.54 Å². The van der Waals surface area contributed by atoms with Gasteiger partial charge in [-0.3, -0.25) is 0 Å². The largest absolute Gasteiger partial charge is 0.329 e. The van der Waals surface area contributed by atoms with E-state index in [2.05, 4.69) is 26.1 Å². The predicted octanol–water partition coefficient (Wildman–Crippen LogP) is 3.02. The topological polar surface area (TPSA) is 38.0 Å². The van der Waals surface area contributed by atoms with Crippen LogP contribution in [0.3, 0.4) is 0 Å². The van der Waals surface area contributed by atoms with Crippen LogP contribution in [0.4, 0.5) is 8.78 Å². The van der Waals surface area contributed by atoms with Crippen molar-refractivity contribution in [3.8, 4) is 0 Å². The lowest BCUT2D eigenvalue weighted by atomic mass is 9.68. The Bertz CT molecular complexity index is 230. The maximum Gasteiger partial charge on any atom is 0.250 e. The highest BCUT2D eigenvalue weighted by Crippen LogP contribution is 2.40. The second-order valence-electron chi connectivity index (χ2n) is 6.62. The number of hydrogen-bond acceptors (Lipinski definition) is 2. The van der Waals surface area contributed by atoms with Crippen LogP contribution in [0.25, 0.3) is 0 Å². The van der Waals surface area contributed by atoms with Crippen molar-refractivity contribution in [1.29, 1.82) is 0 Å². The molecule has 1 aliphatic rings. The summed E-state index contributed by atoms with van der Waals surface area (Å²) in [4.78, 5) is 0. The predicted molar refractivity (Wildman–Crippen MR) is 71.8 cm³/mol. The average Bonchev–Trinajstić information content (AvgIpc) is 2.29. The molecule has 0 aromatic heterocycles. The molecule has 1 aliphatic carbocycles. The first-order chi connectivity index (χ1) is 8.34. The van der Waals surface area contributed by atoms with Crippen LogP contribution in [0.1, 0.15) is 46.5 Å². The van der Waals surface area contributed by atoms with Gasteiger partial charge < -0.3 is 11.1 Å². The van der Waals surface area contributed by atoms with Gasteiger partial charge in [-0.2, -0.15) is 0 Å². The molecular formula is C14H28F2N2. The highest BCUT2D eigenvalue weighted by molar-refractivity contribution is 4.86. The molecular weight excluding hydrogens is 234 g/mol. The van der Waals surface area contributed by atoms with Gasteiger partial charge in [-0.15, -0.1) is 0 Å². The van der Waals surface area contributed by atoms with Crippen molar-refractivity contribution in [2.45, 2.75) is 58.9 Å². The number of nitrogens with one attached hydrogen (secondary N) is 1. The summed E-state index contributed by atoms with van der Waals surface area (Å²) in [6.45, 7) is 7.08. The van der Waals surface area contributed by atoms with E-state index in [4.69, 9.17) is 5.73 Å². The first-order valence-electron chi connectivity index (χ1n) is 7.06. The van der Waals surface area contributed by atoms with Crippen molar-refractivity contribution < 1.29 is 8.78 Å². The van der Waals surface area contributed by atoms with E-state index in [-0.39, 0.29) is 12.6 Å². The maximum absolute atomic E-state index is 12.2. The third-order valence-electron chi connectivity index (χ3n) is 4.35. The fourth-order valence-corrected chi connectivity index (χ4v) is 3.07. The average molecular weight is 262 g/mol. The van der Waals surface area contributed by atoms with Crippen LogP contribution in [0.2, 0.25) is 0 Å². The van der Waals surface area contributed by atoms with Crippen LogP contribution in [0, 0.1) is 17.3 Å². The van der Waals surface area contributed by atoms with E-state index in [0.29, 0.717) is 17.9 Å². The standard InChI is InChI=1S/C14H28F2N2/c1-14(2,3)11-6-4-10(5-7-11)12(8-17)18-9-13(15)16/h10-13,18H,4-9,17H2,1-3H3. The number of hydrogen-bond donors (Lipinski definition) is 2. The fraction of sp³-hybridized carbons (Fsp3) is 1.00. The Balaban J connectivity index is 2.40. The summed E-state index contributed by atoms with van der Waals surface area (Å²) < 4.78 is 24.4. The van der Waals surface area contributed by atoms with Crippen molar-refractivity contribution in [1.82, 2.24) is 5.32 Å². The van der Waals surface area contributed by atoms with E-state index < -0.39 is 6.43 Å². The summed E-state index contributed by atoms with van der Waals surface area (Å²) >= 11 is 0. The van der Waals surface area contributed by atoms with E-state index in [9.17, 15) is 8.78 Å². The molecule has 108 valence electrons. The second-order valence-corrected chi connectivity index (χ2v) is 6.62. The molecule has 0 bridgehead atoms. The summed E-state index contributed by atoms with van der Waals surface area (Å²) in [6, 6.07) is 0.0555. The second kappa shape index (κ2) is 6.80. The fourth-order valence-electron chi connectivity index (χ4n) is 3.07. The lowest BCUT2D eigenvalue weighted by Gasteiger charge is -2.39. The van der Waals surface area contributed by atoms with Crippen molar-refractivity contribution >= 4 is 0 Å². The van der Waals surface area contributed by atoms with Crippen LogP contribution in [0.15, 0.2) is 0 Å². The maximum atomic E-state index is 12.2. The van der Waals surface area contributed by atoms with Crippen LogP contribution < -0.4 is 11.1 Å². The molecule has 0 spiro atoms. The summed E-state index contributed by atoms with van der Waals surface area (Å²) in [5.74, 6) is 1.22. The lowest BCUT2D eigenvalue weighted by molar-refractivity contribution is 0.114. The summed E-state index contributed by atoms with van der Waals surface area (Å²) in [6.07, 6.45) is 2.33. The summed E-state index contributed by atoms with van der Waals surface area (Å²) in [7, 11) is 0. The summed E-state index contributed by atoms with van der Waals surface area (Å²) in [5.41, 5.74) is 6.06. The van der Waals surface area contributed by atoms with Crippen molar-refractivity contribution in [3.05, 3.63) is 0 Å². The molecule has 0 radical (unpaired) electrons. The third kappa shape index (κ3) is 4.81. The minimum absolute atomic E-state index is 0.0555. The molecule has 1 unspecified atom stereocenters. The van der Waals surface area contributed by atoms with Crippen molar-refractivity contribution in [2.75, 3.05) is 13.1 Å². The van der Waals surface area contributed by atoms with Crippen molar-refractivity contribution in [2.24, 2.45) is 23.0 Å². The van der Waals surface area contributed by atoms with Gasteiger partial charge in [0, 0.05) is 12.6 Å². The molecule has 0 saturated heterocycles. The summed E-state index contributed by atoms with van der Waals surface area (Å²) in [5, 5.41) is 2.92. The molecule has 0 heterocycles. The normalized spacial score (nSPS) is 27.5. The third-order valence-corrected chi connectivity index (χ3v) is 4.35. The molecule has 0 amide bonds. The Labute approximate surface area is 110 Å². The quantitative estimate of drug-likeness (QED) is 0.799. The highest BCUT2D eigenvalue weighted by Gasteiger charge is 2.32. The van der Waals surface area contributed by atoms with Gasteiger partial charge in [0.2, 0.25) is 0 Å². The smallest absolute Gasteiger partial charge is 0.250 e. The number of halogens is 2. The van der Waals surface area contributed by atoms with Crippen LogP contribution in [-0.4, -0.2) is 25.6 Å². The SMILES string of the molecule is CC(C)(C)C1CCC(C(CN)NCC(F)F)CC1. The Morgan fingerprint density at radius 2 is 1.72 bits per heavy atom. The zero-order chi connectivity index (χ0) is 13.8. The van der Waals surface area contributed by atoms with Gasteiger partial charge in [0.1, 0.15) is 0 Å². The molecule has 0 aromatic rings. The van der Waals surface area contributed by atoms with Gasteiger partial charge in [0.15, 0.2) is 0 Å². The Hall–Kier alpha value is -0.220. The molecule has 3 N–H and O–H groups in total. The Kier molecular flexibility index (Phi) is 5.99. The van der Waals surface area contributed by atoms with Gasteiger partial charge in [-0.05, 0) is 42.9 Å². The minimum atomic E-state index is -2.29. The molecule has 2 nitrogen and oxygen atoms in total. The molecule has 1 rings (SSSR count). The Morgan fingerprint density at radius 3 is 2.11 bits per heavy atom. The number of nitrogens with two attached hydrogens (primary N) is 1. The molecule has 18 heavy (non-hydrogen) atoms. The molecule has 4 heteroatoms. The van der Waals surface area contributed by atoms with E-state index in [0.717, 1.165) is 18.8 Å². The molecule has 1 saturated carbocycles. The van der Waals surface area contributed by atoms with E-state index in [1.165, 1.54) is 12.8 Å². The van der Waals surface area contributed by atoms with Gasteiger partial charge >= 0.3 is 0 Å². The zero-order valence-corrected chi connectivity index (χ0v) is 11.9. The molecule has 1 atom stereocenters. The highest BCUT2D eigenvalue weighted by atomic mass is 19.3. The van der Waals surface area contributed by atoms with E-state index in [1.54, 1.807) is 0 Å². The van der Waals surface area contributed by atoms with Crippen LogP contribution >= 0.6 is 0 Å². The first kappa shape index (κ1) is 15.8. The monoisotopic (exact) mass is 262 g/mol. The van der Waals surface area contributed by atoms with E-state index in [1.807, 2.05) is 0 Å². The Morgan fingerprint density at radius 1 is 1.17 bits per heavy atom. The van der Waals surface area contributed by atoms with Crippen molar-refractivity contribution in [3.63, 3.8) is 0 Å². The van der Waals surface area contributed by atoms with Crippen LogP contribution in [-0.2, 0) is 0 Å². The molecule has 1 fully saturated rings. The lowest BCUT2D eigenvalue weighted by Crippen LogP contribution is -2.45. The van der Waals surface area contributed by atoms with E-state index >= 15 is 0 Å². The molecule has 0 aromatic carbocycles. The molecule has 0 aliphatic heterocycles. The minimum Gasteiger partial charge on any atom is -0.329 e. The number of rotatable bonds is 5. The zero-order valence-electron chi connectivity index (χ0n) is 11.9. The van der Waals surface area contributed by atoms with Crippen LogP contribution in [0.5, 0.6) is 0 Å². The first-order valence-corrected chi connectivity index (χ1v) is 7.06. The van der Waals surface area contributed by atoms with Gasteiger partial charge in [0.25, 0.3) is 6.43 Å². The van der Waals surface area contributed by atoms with Gasteiger partial charge in [-0.25, -0.2) is 8.78 Å². The number of alkyl halides is 2. The van der Waals surface area contributed by atoms with Gasteiger partial charge in [-0.1, -0.05) is 20.8 Å².